The minimum Gasteiger partial charge on any atom is -0.385 e. The Morgan fingerprint density at radius 1 is 1.32 bits per heavy atom. The Kier molecular flexibility index (Phi) is 6.49. The molecule has 3 N–H and O–H groups in total. The number of primary amides is 1. The smallest absolute Gasteiger partial charge is 0.244 e. The molecule has 0 saturated heterocycles. The Morgan fingerprint density at radius 2 is 2.00 bits per heavy atom. The second kappa shape index (κ2) is 7.89. The van der Waals surface area contributed by atoms with Crippen LogP contribution in [-0.2, 0) is 19.8 Å². The predicted molar refractivity (Wildman–Crippen MR) is 73.7 cm³/mol. The zero-order chi connectivity index (χ0) is 14.1. The first-order chi connectivity index (χ1) is 9.17. The molecule has 1 rings (SSSR count). The van der Waals surface area contributed by atoms with Crippen LogP contribution in [-0.4, -0.2) is 39.9 Å². The molecule has 106 valence electrons. The van der Waals surface area contributed by atoms with E-state index >= 15 is 0 Å². The number of nitrogens with two attached hydrogens (primary N) is 1. The minimum absolute atomic E-state index is 0.201. The maximum absolute atomic E-state index is 11.8. The van der Waals surface area contributed by atoms with Gasteiger partial charge in [-0.2, -0.15) is 0 Å². The van der Waals surface area contributed by atoms with Gasteiger partial charge in [-0.1, -0.05) is 30.3 Å². The van der Waals surface area contributed by atoms with Gasteiger partial charge in [-0.05, 0) is 19.0 Å². The zero-order valence-electron chi connectivity index (χ0n) is 11.5. The van der Waals surface area contributed by atoms with E-state index < -0.39 is 11.4 Å². The quantitative estimate of drug-likeness (QED) is 0.643. The van der Waals surface area contributed by atoms with E-state index in [2.05, 4.69) is 5.32 Å². The minimum atomic E-state index is -0.992. The molecule has 1 aromatic carbocycles. The van der Waals surface area contributed by atoms with E-state index in [0.717, 1.165) is 12.0 Å². The Morgan fingerprint density at radius 3 is 2.53 bits per heavy atom. The molecule has 0 aliphatic carbocycles. The van der Waals surface area contributed by atoms with Crippen LogP contribution in [0.2, 0.25) is 0 Å². The van der Waals surface area contributed by atoms with Gasteiger partial charge in [-0.3, -0.25) is 4.79 Å². The van der Waals surface area contributed by atoms with Gasteiger partial charge in [0.25, 0.3) is 0 Å². The average Bonchev–Trinajstić information content (AvgIpc) is 2.44. The topological polar surface area (TPSA) is 73.6 Å². The zero-order valence-corrected chi connectivity index (χ0v) is 11.5. The Balaban J connectivity index is 2.74. The molecular formula is C14H22N2O3. The number of benzene rings is 1. The van der Waals surface area contributed by atoms with Crippen molar-refractivity contribution in [3.8, 4) is 0 Å². The molecule has 1 aromatic rings. The summed E-state index contributed by atoms with van der Waals surface area (Å²) in [6.07, 6.45) is 0.782. The summed E-state index contributed by atoms with van der Waals surface area (Å²) in [6, 6.07) is 9.36. The van der Waals surface area contributed by atoms with Crippen LogP contribution in [0.5, 0.6) is 0 Å². The van der Waals surface area contributed by atoms with Crippen LogP contribution in [0.4, 0.5) is 0 Å². The third-order valence-electron chi connectivity index (χ3n) is 3.07. The second-order valence-electron chi connectivity index (χ2n) is 4.28. The molecule has 0 spiro atoms. The number of methoxy groups -OCH3 is 1. The number of carbonyl (C=O) groups is 1. The number of hydrogen-bond donors (Lipinski definition) is 2. The highest BCUT2D eigenvalue weighted by molar-refractivity contribution is 5.86. The predicted octanol–water partition coefficient (Wildman–Crippen LogP) is 0.640. The first-order valence-electron chi connectivity index (χ1n) is 6.28. The average molecular weight is 266 g/mol. The Hall–Kier alpha value is -1.43. The van der Waals surface area contributed by atoms with Crippen LogP contribution in [0, 0.1) is 0 Å². The molecule has 0 saturated carbocycles. The highest BCUT2D eigenvalue weighted by Crippen LogP contribution is 2.21. The standard InChI is InChI=1S/C14H22N2O3/c1-16-14(13(15)17,11-19-10-6-9-18-2)12-7-4-3-5-8-12/h3-5,7-8,16H,6,9-11H2,1-2H3,(H2,15,17). The fraction of sp³-hybridized carbons (Fsp3) is 0.500. The van der Waals surface area contributed by atoms with Crippen molar-refractivity contribution >= 4 is 5.91 Å². The van der Waals surface area contributed by atoms with Crippen molar-refractivity contribution in [2.24, 2.45) is 5.73 Å². The number of carbonyl (C=O) groups excluding carboxylic acids is 1. The SMILES string of the molecule is CNC(COCCCOC)(C(N)=O)c1ccccc1. The van der Waals surface area contributed by atoms with Gasteiger partial charge in [0.1, 0.15) is 5.54 Å². The van der Waals surface area contributed by atoms with E-state index in [9.17, 15) is 4.79 Å². The second-order valence-corrected chi connectivity index (χ2v) is 4.28. The highest BCUT2D eigenvalue weighted by atomic mass is 16.5. The molecule has 0 fully saturated rings. The van der Waals surface area contributed by atoms with Crippen molar-refractivity contribution in [2.75, 3.05) is 34.0 Å². The van der Waals surface area contributed by atoms with Gasteiger partial charge in [-0.15, -0.1) is 0 Å². The number of likely N-dealkylation sites (N-methyl/N-ethyl adjacent to an activating group) is 1. The summed E-state index contributed by atoms with van der Waals surface area (Å²) >= 11 is 0. The lowest BCUT2D eigenvalue weighted by molar-refractivity contribution is -0.127. The van der Waals surface area contributed by atoms with Gasteiger partial charge in [0.2, 0.25) is 5.91 Å². The molecule has 0 radical (unpaired) electrons. The molecule has 1 unspecified atom stereocenters. The summed E-state index contributed by atoms with van der Waals surface area (Å²) < 4.78 is 10.5. The number of hydrogen-bond acceptors (Lipinski definition) is 4. The van der Waals surface area contributed by atoms with Crippen LogP contribution >= 0.6 is 0 Å². The van der Waals surface area contributed by atoms with E-state index in [1.807, 2.05) is 30.3 Å². The van der Waals surface area contributed by atoms with Crippen molar-refractivity contribution in [2.45, 2.75) is 12.0 Å². The van der Waals surface area contributed by atoms with Crippen LogP contribution in [0.25, 0.3) is 0 Å². The summed E-state index contributed by atoms with van der Waals surface area (Å²) in [6.45, 7) is 1.36. The van der Waals surface area contributed by atoms with E-state index in [0.29, 0.717) is 13.2 Å². The first kappa shape index (κ1) is 15.6. The summed E-state index contributed by atoms with van der Waals surface area (Å²) in [5, 5.41) is 2.99. The molecule has 5 heteroatoms. The number of ether oxygens (including phenoxy) is 2. The number of rotatable bonds is 9. The van der Waals surface area contributed by atoms with Crippen molar-refractivity contribution < 1.29 is 14.3 Å². The summed E-state index contributed by atoms with van der Waals surface area (Å²) in [4.78, 5) is 11.8. The largest absolute Gasteiger partial charge is 0.385 e. The molecule has 0 bridgehead atoms. The van der Waals surface area contributed by atoms with Crippen LogP contribution in [0.3, 0.4) is 0 Å². The monoisotopic (exact) mass is 266 g/mol. The van der Waals surface area contributed by atoms with E-state index in [4.69, 9.17) is 15.2 Å². The van der Waals surface area contributed by atoms with Gasteiger partial charge >= 0.3 is 0 Å². The van der Waals surface area contributed by atoms with Crippen LogP contribution < -0.4 is 11.1 Å². The summed E-state index contributed by atoms with van der Waals surface area (Å²) in [7, 11) is 3.35. The maximum atomic E-state index is 11.8. The lowest BCUT2D eigenvalue weighted by atomic mass is 9.90. The van der Waals surface area contributed by atoms with Crippen LogP contribution in [0.15, 0.2) is 30.3 Å². The van der Waals surface area contributed by atoms with Gasteiger partial charge in [0.15, 0.2) is 0 Å². The number of nitrogens with one attached hydrogen (secondary N) is 1. The lowest BCUT2D eigenvalue weighted by Crippen LogP contribution is -2.54. The third-order valence-corrected chi connectivity index (χ3v) is 3.07. The van der Waals surface area contributed by atoms with Crippen molar-refractivity contribution in [1.29, 1.82) is 0 Å². The number of amides is 1. The molecule has 0 heterocycles. The van der Waals surface area contributed by atoms with Crippen LogP contribution in [0.1, 0.15) is 12.0 Å². The fourth-order valence-electron chi connectivity index (χ4n) is 1.89. The Labute approximate surface area is 114 Å². The van der Waals surface area contributed by atoms with Gasteiger partial charge in [0, 0.05) is 20.3 Å². The first-order valence-corrected chi connectivity index (χ1v) is 6.28. The molecule has 19 heavy (non-hydrogen) atoms. The molecule has 5 nitrogen and oxygen atoms in total. The Bertz CT molecular complexity index is 384. The van der Waals surface area contributed by atoms with E-state index in [-0.39, 0.29) is 6.61 Å². The normalized spacial score (nSPS) is 14.0. The molecular weight excluding hydrogens is 244 g/mol. The van der Waals surface area contributed by atoms with Gasteiger partial charge in [0.05, 0.1) is 6.61 Å². The van der Waals surface area contributed by atoms with Crippen molar-refractivity contribution in [3.63, 3.8) is 0 Å². The summed E-state index contributed by atoms with van der Waals surface area (Å²) in [5.74, 6) is -0.451. The molecule has 1 atom stereocenters. The van der Waals surface area contributed by atoms with E-state index in [1.54, 1.807) is 14.2 Å². The fourth-order valence-corrected chi connectivity index (χ4v) is 1.89. The van der Waals surface area contributed by atoms with E-state index in [1.165, 1.54) is 0 Å². The maximum Gasteiger partial charge on any atom is 0.244 e. The molecule has 1 amide bonds. The summed E-state index contributed by atoms with van der Waals surface area (Å²) in [5.41, 5.74) is 5.36. The lowest BCUT2D eigenvalue weighted by Gasteiger charge is -2.30. The van der Waals surface area contributed by atoms with Crippen molar-refractivity contribution in [3.05, 3.63) is 35.9 Å². The molecule has 0 aliphatic rings. The van der Waals surface area contributed by atoms with Gasteiger partial charge in [-0.25, -0.2) is 0 Å². The molecule has 0 aromatic heterocycles. The van der Waals surface area contributed by atoms with Gasteiger partial charge < -0.3 is 20.5 Å². The third kappa shape index (κ3) is 4.02. The van der Waals surface area contributed by atoms with Crippen molar-refractivity contribution in [1.82, 2.24) is 5.32 Å². The highest BCUT2D eigenvalue weighted by Gasteiger charge is 2.37. The molecule has 0 aliphatic heterocycles.